The Balaban J connectivity index is 2.00. The molecular weight excluding hydrogens is 464 g/mol. The van der Waals surface area contributed by atoms with Crippen LogP contribution in [0.4, 0.5) is 0 Å². The number of fused-ring (bicyclic) bond motifs is 1. The number of hydrogen-bond donors (Lipinski definition) is 3. The number of carbonyl (C=O) groups excluding carboxylic acids is 1. The molecule has 3 N–H and O–H groups in total. The van der Waals surface area contributed by atoms with E-state index in [1.54, 1.807) is 6.92 Å². The molecule has 1 heterocycles. The van der Waals surface area contributed by atoms with E-state index in [1.807, 2.05) is 6.92 Å². The Morgan fingerprint density at radius 1 is 1.25 bits per heavy atom. The van der Waals surface area contributed by atoms with E-state index in [1.165, 1.54) is 6.08 Å². The molecule has 1 unspecified atom stereocenters. The van der Waals surface area contributed by atoms with Gasteiger partial charge in [0, 0.05) is 5.41 Å². The van der Waals surface area contributed by atoms with Crippen molar-refractivity contribution in [2.45, 2.75) is 57.3 Å². The Kier molecular flexibility index (Phi) is 6.71. The molecule has 12 heteroatoms. The highest BCUT2D eigenvalue weighted by Gasteiger charge is 2.59. The van der Waals surface area contributed by atoms with Gasteiger partial charge in [-0.15, -0.1) is 0 Å². The minimum atomic E-state index is -4.74. The van der Waals surface area contributed by atoms with E-state index in [9.17, 15) is 35.8 Å². The van der Waals surface area contributed by atoms with Gasteiger partial charge in [0.15, 0.2) is 0 Å². The van der Waals surface area contributed by atoms with E-state index in [2.05, 4.69) is 6.58 Å². The minimum absolute atomic E-state index is 0.0665. The maximum absolute atomic E-state index is 12.2. The molecule has 182 valence electrons. The summed E-state index contributed by atoms with van der Waals surface area (Å²) < 4.78 is 76.1. The molecule has 0 aromatic heterocycles. The molecule has 0 amide bonds. The van der Waals surface area contributed by atoms with Gasteiger partial charge in [0.25, 0.3) is 10.1 Å². The summed E-state index contributed by atoms with van der Waals surface area (Å²) in [6, 6.07) is 0. The zero-order valence-corrected chi connectivity index (χ0v) is 19.7. The third-order valence-corrected chi connectivity index (χ3v) is 9.44. The summed E-state index contributed by atoms with van der Waals surface area (Å²) in [5.74, 6) is -1.54. The van der Waals surface area contributed by atoms with Gasteiger partial charge in [-0.3, -0.25) is 9.11 Å². The first-order valence-electron chi connectivity index (χ1n) is 10.4. The Hall–Kier alpha value is -1.31. The molecule has 3 aliphatic rings. The quantitative estimate of drug-likeness (QED) is 0.269. The minimum Gasteiger partial charge on any atom is -0.458 e. The van der Waals surface area contributed by atoms with Gasteiger partial charge in [-0.05, 0) is 55.4 Å². The molecule has 0 aromatic rings. The van der Waals surface area contributed by atoms with Crippen LogP contribution < -0.4 is 0 Å². The van der Waals surface area contributed by atoms with Gasteiger partial charge in [0.05, 0.1) is 18.3 Å². The number of carbonyl (C=O) groups is 1. The lowest BCUT2D eigenvalue weighted by molar-refractivity contribution is -0.144. The molecule has 0 aromatic carbocycles. The predicted octanol–water partition coefficient (Wildman–Crippen LogP) is 1.69. The number of esters is 1. The fourth-order valence-corrected chi connectivity index (χ4v) is 7.74. The van der Waals surface area contributed by atoms with Crippen LogP contribution in [0.15, 0.2) is 23.8 Å². The Bertz CT molecular complexity index is 1030. The number of ether oxygens (including phenoxy) is 1. The first-order valence-corrected chi connectivity index (χ1v) is 13.3. The van der Waals surface area contributed by atoms with Crippen LogP contribution in [-0.2, 0) is 34.2 Å². The molecule has 0 saturated heterocycles. The van der Waals surface area contributed by atoms with Crippen molar-refractivity contribution < 1.29 is 44.8 Å². The largest absolute Gasteiger partial charge is 0.458 e. The van der Waals surface area contributed by atoms with Gasteiger partial charge in [-0.2, -0.15) is 16.8 Å². The number of aliphatic hydroxyl groups excluding tert-OH is 1. The Morgan fingerprint density at radius 3 is 2.41 bits per heavy atom. The second-order valence-corrected chi connectivity index (χ2v) is 12.2. The SMILES string of the molecule is C=C1CCC2[C@](C)(CO)[C@H](OS(=O)(=O)O)CC[C@@]2(C)[C@@H]1C[C@@H](C1=CCOC1=O)S(=O)(=O)O. The second kappa shape index (κ2) is 8.48. The smallest absolute Gasteiger partial charge is 0.397 e. The molecule has 1 aliphatic heterocycles. The van der Waals surface area contributed by atoms with Crippen molar-refractivity contribution in [1.29, 1.82) is 0 Å². The van der Waals surface area contributed by atoms with Crippen molar-refractivity contribution in [2.75, 3.05) is 13.2 Å². The standard InChI is InChI=1S/C20H30O10S2/c1-12-4-5-16-19(2,8-6-17(20(16,3)11-21)30-32(26,27)28)14(12)10-15(31(23,24)25)13-7-9-29-18(13)22/h7,14-17,21H,1,4-6,8-11H2,2-3H3,(H,23,24,25)(H,26,27,28)/t14-,15+,16?,17-,19+,20+/m1/s1. The van der Waals surface area contributed by atoms with E-state index in [0.717, 1.165) is 5.57 Å². The van der Waals surface area contributed by atoms with Crippen LogP contribution in [0.5, 0.6) is 0 Å². The highest BCUT2D eigenvalue weighted by atomic mass is 32.3. The lowest BCUT2D eigenvalue weighted by Gasteiger charge is -2.60. The monoisotopic (exact) mass is 494 g/mol. The van der Waals surface area contributed by atoms with E-state index in [-0.39, 0.29) is 30.9 Å². The van der Waals surface area contributed by atoms with Crippen molar-refractivity contribution >= 4 is 26.5 Å². The number of rotatable bonds is 7. The normalized spacial score (nSPS) is 36.9. The molecule has 0 radical (unpaired) electrons. The second-order valence-electron chi connectivity index (χ2n) is 9.52. The summed E-state index contributed by atoms with van der Waals surface area (Å²) in [7, 11) is -9.38. The molecule has 0 bridgehead atoms. The summed E-state index contributed by atoms with van der Waals surface area (Å²) in [5.41, 5.74) is -1.02. The molecule has 32 heavy (non-hydrogen) atoms. The first-order chi connectivity index (χ1) is 14.6. The van der Waals surface area contributed by atoms with Crippen LogP contribution in [0.3, 0.4) is 0 Å². The van der Waals surface area contributed by atoms with Crippen LogP contribution in [0.1, 0.15) is 46.0 Å². The van der Waals surface area contributed by atoms with Crippen LogP contribution in [0, 0.1) is 22.7 Å². The lowest BCUT2D eigenvalue weighted by Crippen LogP contribution is -2.58. The van der Waals surface area contributed by atoms with Crippen molar-refractivity contribution in [2.24, 2.45) is 22.7 Å². The van der Waals surface area contributed by atoms with Crippen LogP contribution >= 0.6 is 0 Å². The highest BCUT2D eigenvalue weighted by Crippen LogP contribution is 2.62. The van der Waals surface area contributed by atoms with E-state index >= 15 is 0 Å². The third kappa shape index (κ3) is 4.53. The van der Waals surface area contributed by atoms with Gasteiger partial charge in [-0.1, -0.05) is 26.0 Å². The molecule has 3 rings (SSSR count). The lowest BCUT2D eigenvalue weighted by atomic mass is 9.46. The van der Waals surface area contributed by atoms with Crippen molar-refractivity contribution in [1.82, 2.24) is 0 Å². The van der Waals surface area contributed by atoms with E-state index < -0.39 is 61.2 Å². The summed E-state index contributed by atoms with van der Waals surface area (Å²) in [5, 5.41) is 8.77. The molecule has 6 atom stereocenters. The maximum Gasteiger partial charge on any atom is 0.397 e. The average Bonchev–Trinajstić information content (AvgIpc) is 3.07. The number of aliphatic hydroxyl groups is 1. The van der Waals surface area contributed by atoms with Crippen molar-refractivity contribution in [3.8, 4) is 0 Å². The fraction of sp³-hybridized carbons (Fsp3) is 0.750. The van der Waals surface area contributed by atoms with Gasteiger partial charge < -0.3 is 9.84 Å². The van der Waals surface area contributed by atoms with Gasteiger partial charge in [0.2, 0.25) is 0 Å². The van der Waals surface area contributed by atoms with Gasteiger partial charge in [0.1, 0.15) is 11.9 Å². The van der Waals surface area contributed by atoms with E-state index in [4.69, 9.17) is 8.92 Å². The van der Waals surface area contributed by atoms with Gasteiger partial charge >= 0.3 is 16.4 Å². The number of allylic oxidation sites excluding steroid dienone is 1. The van der Waals surface area contributed by atoms with Crippen molar-refractivity contribution in [3.05, 3.63) is 23.8 Å². The van der Waals surface area contributed by atoms with Crippen LogP contribution in [-0.4, -0.2) is 61.6 Å². The molecule has 2 saturated carbocycles. The van der Waals surface area contributed by atoms with Crippen LogP contribution in [0.25, 0.3) is 0 Å². The molecule has 2 fully saturated rings. The topological polar surface area (TPSA) is 164 Å². The zero-order chi connectivity index (χ0) is 24.1. The van der Waals surface area contributed by atoms with Crippen molar-refractivity contribution in [3.63, 3.8) is 0 Å². The Labute approximate surface area is 188 Å². The van der Waals surface area contributed by atoms with Gasteiger partial charge in [-0.25, -0.2) is 8.98 Å². The maximum atomic E-state index is 12.2. The number of cyclic esters (lactones) is 1. The third-order valence-electron chi connectivity index (χ3n) is 7.80. The molecule has 2 aliphatic carbocycles. The predicted molar refractivity (Wildman–Crippen MR) is 113 cm³/mol. The summed E-state index contributed by atoms with van der Waals surface area (Å²) in [6.07, 6.45) is 1.92. The summed E-state index contributed by atoms with van der Waals surface area (Å²) in [4.78, 5) is 12.1. The summed E-state index contributed by atoms with van der Waals surface area (Å²) >= 11 is 0. The molecule has 10 nitrogen and oxygen atoms in total. The number of hydrogen-bond acceptors (Lipinski definition) is 8. The molecular formula is C20H30O10S2. The van der Waals surface area contributed by atoms with E-state index in [0.29, 0.717) is 19.3 Å². The fourth-order valence-electron chi connectivity index (χ4n) is 6.18. The van der Waals surface area contributed by atoms with Crippen LogP contribution in [0.2, 0.25) is 0 Å². The summed E-state index contributed by atoms with van der Waals surface area (Å²) in [6.45, 7) is 7.26. The first kappa shape index (κ1) is 25.3. The average molecular weight is 495 g/mol. The highest BCUT2D eigenvalue weighted by molar-refractivity contribution is 7.86. The Morgan fingerprint density at radius 2 is 1.91 bits per heavy atom. The molecule has 0 spiro atoms. The zero-order valence-electron chi connectivity index (χ0n) is 18.1.